The summed E-state index contributed by atoms with van der Waals surface area (Å²) in [5.41, 5.74) is 1.73. The van der Waals surface area contributed by atoms with Crippen LogP contribution < -0.4 is 15.4 Å². The number of ether oxygens (including phenoxy) is 2. The van der Waals surface area contributed by atoms with Crippen molar-refractivity contribution in [2.24, 2.45) is 0 Å². The van der Waals surface area contributed by atoms with Crippen LogP contribution in [0.3, 0.4) is 0 Å². The monoisotopic (exact) mass is 334 g/mol. The molecule has 0 spiro atoms. The maximum atomic E-state index is 11.6. The van der Waals surface area contributed by atoms with Gasteiger partial charge < -0.3 is 20.1 Å². The van der Waals surface area contributed by atoms with E-state index in [-0.39, 0.29) is 6.03 Å². The maximum absolute atomic E-state index is 11.6. The minimum atomic E-state index is -0.267. The number of hydrogen-bond donors (Lipinski definition) is 2. The van der Waals surface area contributed by atoms with Crippen molar-refractivity contribution in [2.75, 3.05) is 25.6 Å². The molecule has 0 fully saturated rings. The fraction of sp³-hybridized carbons (Fsp3) is 0.235. The molecule has 2 aromatic carbocycles. The Morgan fingerprint density at radius 1 is 1.09 bits per heavy atom. The van der Waals surface area contributed by atoms with Gasteiger partial charge in [-0.1, -0.05) is 23.7 Å². The second kappa shape index (κ2) is 9.02. The summed E-state index contributed by atoms with van der Waals surface area (Å²) in [6, 6.07) is 14.4. The van der Waals surface area contributed by atoms with E-state index in [0.717, 1.165) is 11.3 Å². The van der Waals surface area contributed by atoms with Gasteiger partial charge in [-0.3, -0.25) is 0 Å². The van der Waals surface area contributed by atoms with Crippen LogP contribution >= 0.6 is 11.6 Å². The Labute approximate surface area is 140 Å². The van der Waals surface area contributed by atoms with Crippen LogP contribution in [0.2, 0.25) is 5.02 Å². The smallest absolute Gasteiger partial charge is 0.319 e. The molecule has 0 saturated heterocycles. The molecule has 0 aliphatic carbocycles. The van der Waals surface area contributed by atoms with Crippen molar-refractivity contribution < 1.29 is 14.3 Å². The Kier molecular flexibility index (Phi) is 6.72. The quantitative estimate of drug-likeness (QED) is 0.759. The maximum Gasteiger partial charge on any atom is 0.319 e. The topological polar surface area (TPSA) is 59.6 Å². The molecule has 2 aromatic rings. The molecule has 0 saturated carbocycles. The summed E-state index contributed by atoms with van der Waals surface area (Å²) in [6.45, 7) is 1.40. The zero-order chi connectivity index (χ0) is 16.5. The van der Waals surface area contributed by atoms with Crippen LogP contribution in [-0.4, -0.2) is 26.3 Å². The van der Waals surface area contributed by atoms with Crippen molar-refractivity contribution in [3.63, 3.8) is 0 Å². The van der Waals surface area contributed by atoms with Crippen molar-refractivity contribution in [3.05, 3.63) is 59.1 Å². The fourth-order valence-corrected chi connectivity index (χ4v) is 1.95. The molecule has 2 rings (SSSR count). The second-order valence-electron chi connectivity index (χ2n) is 4.81. The Bertz CT molecular complexity index is 615. The normalized spacial score (nSPS) is 10.2. The first-order chi connectivity index (χ1) is 11.2. The van der Waals surface area contributed by atoms with Crippen molar-refractivity contribution in [2.45, 2.75) is 6.61 Å². The zero-order valence-corrected chi connectivity index (χ0v) is 13.6. The molecule has 5 nitrogen and oxygen atoms in total. The number of halogens is 1. The lowest BCUT2D eigenvalue weighted by atomic mass is 10.2. The number of benzene rings is 2. The van der Waals surface area contributed by atoms with Gasteiger partial charge in [-0.2, -0.15) is 0 Å². The van der Waals surface area contributed by atoms with Gasteiger partial charge in [0.05, 0.1) is 6.61 Å². The third-order valence-electron chi connectivity index (χ3n) is 3.02. The molecule has 0 atom stereocenters. The third kappa shape index (κ3) is 6.18. The van der Waals surface area contributed by atoms with Gasteiger partial charge in [-0.05, 0) is 42.0 Å². The lowest BCUT2D eigenvalue weighted by Crippen LogP contribution is -2.31. The highest BCUT2D eigenvalue weighted by atomic mass is 35.5. The van der Waals surface area contributed by atoms with E-state index in [9.17, 15) is 4.79 Å². The number of amides is 2. The molecule has 23 heavy (non-hydrogen) atoms. The number of anilines is 1. The van der Waals surface area contributed by atoms with Crippen LogP contribution in [0.25, 0.3) is 0 Å². The van der Waals surface area contributed by atoms with E-state index >= 15 is 0 Å². The van der Waals surface area contributed by atoms with Gasteiger partial charge in [0.2, 0.25) is 0 Å². The summed E-state index contributed by atoms with van der Waals surface area (Å²) in [6.07, 6.45) is 0. The third-order valence-corrected chi connectivity index (χ3v) is 3.27. The number of hydrogen-bond acceptors (Lipinski definition) is 3. The molecule has 0 bridgehead atoms. The second-order valence-corrected chi connectivity index (χ2v) is 5.25. The van der Waals surface area contributed by atoms with E-state index < -0.39 is 0 Å². The summed E-state index contributed by atoms with van der Waals surface area (Å²) >= 11 is 5.84. The summed E-state index contributed by atoms with van der Waals surface area (Å²) in [4.78, 5) is 11.6. The van der Waals surface area contributed by atoms with Crippen LogP contribution in [0, 0.1) is 0 Å². The van der Waals surface area contributed by atoms with E-state index in [1.807, 2.05) is 24.3 Å². The molecule has 0 aliphatic rings. The van der Waals surface area contributed by atoms with Crippen molar-refractivity contribution >= 4 is 23.3 Å². The fourth-order valence-electron chi connectivity index (χ4n) is 1.82. The molecular weight excluding hydrogens is 316 g/mol. The van der Waals surface area contributed by atoms with Gasteiger partial charge in [-0.15, -0.1) is 0 Å². The Morgan fingerprint density at radius 2 is 1.78 bits per heavy atom. The molecule has 0 aliphatic heterocycles. The standard InChI is InChI=1S/C17H19ClN2O3/c1-22-11-10-19-17(21)20-15-6-8-16(9-7-15)23-12-13-2-4-14(18)5-3-13/h2-9H,10-12H2,1H3,(H2,19,20,21). The number of urea groups is 1. The molecule has 6 heteroatoms. The molecule has 0 radical (unpaired) electrons. The number of methoxy groups -OCH3 is 1. The Hall–Kier alpha value is -2.24. The van der Waals surface area contributed by atoms with Gasteiger partial charge >= 0.3 is 6.03 Å². The summed E-state index contributed by atoms with van der Waals surface area (Å²) < 4.78 is 10.5. The van der Waals surface area contributed by atoms with Gasteiger partial charge in [-0.25, -0.2) is 4.79 Å². The van der Waals surface area contributed by atoms with Crippen LogP contribution in [0.4, 0.5) is 10.5 Å². The highest BCUT2D eigenvalue weighted by molar-refractivity contribution is 6.30. The largest absolute Gasteiger partial charge is 0.489 e. The number of carbonyl (C=O) groups is 1. The van der Waals surface area contributed by atoms with Crippen molar-refractivity contribution in [3.8, 4) is 5.75 Å². The summed E-state index contributed by atoms with van der Waals surface area (Å²) in [5, 5.41) is 6.11. The van der Waals surface area contributed by atoms with E-state index in [2.05, 4.69) is 10.6 Å². The van der Waals surface area contributed by atoms with Gasteiger partial charge in [0, 0.05) is 24.4 Å². The first-order valence-corrected chi connectivity index (χ1v) is 7.56. The number of nitrogens with one attached hydrogen (secondary N) is 2. The van der Waals surface area contributed by atoms with Gasteiger partial charge in [0.1, 0.15) is 12.4 Å². The first kappa shape index (κ1) is 17.1. The molecular formula is C17H19ClN2O3. The van der Waals surface area contributed by atoms with Crippen LogP contribution in [-0.2, 0) is 11.3 Å². The molecule has 0 aromatic heterocycles. The Morgan fingerprint density at radius 3 is 2.43 bits per heavy atom. The van der Waals surface area contributed by atoms with E-state index in [1.165, 1.54) is 0 Å². The lowest BCUT2D eigenvalue weighted by molar-refractivity contribution is 0.198. The highest BCUT2D eigenvalue weighted by Gasteiger charge is 2.02. The predicted octanol–water partition coefficient (Wildman–Crippen LogP) is 3.69. The molecule has 2 N–H and O–H groups in total. The average molecular weight is 335 g/mol. The average Bonchev–Trinajstić information content (AvgIpc) is 2.56. The van der Waals surface area contributed by atoms with Crippen LogP contribution in [0.1, 0.15) is 5.56 Å². The van der Waals surface area contributed by atoms with E-state index in [1.54, 1.807) is 31.4 Å². The predicted molar refractivity (Wildman–Crippen MR) is 91.1 cm³/mol. The van der Waals surface area contributed by atoms with Gasteiger partial charge in [0.15, 0.2) is 0 Å². The Balaban J connectivity index is 1.79. The number of carbonyl (C=O) groups excluding carboxylic acids is 1. The SMILES string of the molecule is COCCNC(=O)Nc1ccc(OCc2ccc(Cl)cc2)cc1. The minimum absolute atomic E-state index is 0.267. The molecule has 0 heterocycles. The van der Waals surface area contributed by atoms with Crippen molar-refractivity contribution in [1.29, 1.82) is 0 Å². The van der Waals surface area contributed by atoms with E-state index in [0.29, 0.717) is 30.5 Å². The summed E-state index contributed by atoms with van der Waals surface area (Å²) in [7, 11) is 1.59. The van der Waals surface area contributed by atoms with E-state index in [4.69, 9.17) is 21.1 Å². The van der Waals surface area contributed by atoms with Gasteiger partial charge in [0.25, 0.3) is 0 Å². The highest BCUT2D eigenvalue weighted by Crippen LogP contribution is 2.17. The van der Waals surface area contributed by atoms with Crippen LogP contribution in [0.15, 0.2) is 48.5 Å². The van der Waals surface area contributed by atoms with Crippen LogP contribution in [0.5, 0.6) is 5.75 Å². The zero-order valence-electron chi connectivity index (χ0n) is 12.8. The first-order valence-electron chi connectivity index (χ1n) is 7.18. The summed E-state index contributed by atoms with van der Waals surface area (Å²) in [5.74, 6) is 0.727. The molecule has 2 amide bonds. The molecule has 122 valence electrons. The molecule has 0 unspecified atom stereocenters. The lowest BCUT2D eigenvalue weighted by Gasteiger charge is -2.09. The minimum Gasteiger partial charge on any atom is -0.489 e. The number of rotatable bonds is 7. The van der Waals surface area contributed by atoms with Crippen molar-refractivity contribution in [1.82, 2.24) is 5.32 Å².